The van der Waals surface area contributed by atoms with Gasteiger partial charge in [-0.1, -0.05) is 12.1 Å². The second-order valence-corrected chi connectivity index (χ2v) is 10.5. The molecule has 2 heterocycles. The molecule has 38 heavy (non-hydrogen) atoms. The highest BCUT2D eigenvalue weighted by Gasteiger charge is 2.52. The Morgan fingerprint density at radius 2 is 1.71 bits per heavy atom. The average Bonchev–Trinajstić information content (AvgIpc) is 3.33. The third-order valence-corrected chi connectivity index (χ3v) is 6.94. The van der Waals surface area contributed by atoms with Crippen molar-refractivity contribution in [3.8, 4) is 0 Å². The average molecular weight is 524 g/mol. The number of aliphatic imine (C=N–C) groups is 1. The molecule has 2 aromatic rings. The van der Waals surface area contributed by atoms with E-state index in [9.17, 15) is 18.8 Å². The summed E-state index contributed by atoms with van der Waals surface area (Å²) < 4.78 is 13.2. The van der Waals surface area contributed by atoms with Gasteiger partial charge in [-0.05, 0) is 62.9 Å². The van der Waals surface area contributed by atoms with Crippen LogP contribution >= 0.6 is 0 Å². The van der Waals surface area contributed by atoms with E-state index in [-0.39, 0.29) is 0 Å². The molecule has 0 saturated carbocycles. The molecule has 2 aliphatic heterocycles. The first-order chi connectivity index (χ1) is 18.0. The standard InChI is InChI=1S/C27H34FN7O3/c1-26(2,16-35-14-12-34(3)13-15-35)33-24(37)22-27(25(29)38,31-17-30-22)19-6-10-21(11-7-19)32-23(36)18-4-8-20(28)9-5-18/h4-11,17,22H,12-16H2,1-3H3,(H2,29,38)(H,30,31)(H,32,36)(H,33,37). The fourth-order valence-corrected chi connectivity index (χ4v) is 4.89. The first kappa shape index (κ1) is 27.2. The molecule has 202 valence electrons. The predicted octanol–water partition coefficient (Wildman–Crippen LogP) is 0.901. The van der Waals surface area contributed by atoms with Crippen LogP contribution in [0.1, 0.15) is 29.8 Å². The molecule has 0 radical (unpaired) electrons. The number of hydrogen-bond acceptors (Lipinski definition) is 7. The first-order valence-corrected chi connectivity index (χ1v) is 12.5. The Morgan fingerprint density at radius 1 is 1.08 bits per heavy atom. The van der Waals surface area contributed by atoms with E-state index in [2.05, 4.69) is 37.8 Å². The van der Waals surface area contributed by atoms with Gasteiger partial charge in [0.25, 0.3) is 11.8 Å². The van der Waals surface area contributed by atoms with Gasteiger partial charge in [-0.15, -0.1) is 0 Å². The predicted molar refractivity (Wildman–Crippen MR) is 143 cm³/mol. The lowest BCUT2D eigenvalue weighted by molar-refractivity contribution is -0.132. The monoisotopic (exact) mass is 523 g/mol. The van der Waals surface area contributed by atoms with Crippen LogP contribution in [0, 0.1) is 5.82 Å². The minimum atomic E-state index is -1.59. The van der Waals surface area contributed by atoms with Gasteiger partial charge in [0.15, 0.2) is 11.6 Å². The third kappa shape index (κ3) is 5.84. The van der Waals surface area contributed by atoms with Crippen molar-refractivity contribution >= 4 is 29.7 Å². The molecule has 2 aromatic carbocycles. The van der Waals surface area contributed by atoms with E-state index in [0.29, 0.717) is 23.4 Å². The Kier molecular flexibility index (Phi) is 7.79. The Balaban J connectivity index is 1.48. The number of nitrogens with two attached hydrogens (primary N) is 1. The number of likely N-dealkylation sites (N-methyl/N-ethyl adjacent to an activating group) is 1. The summed E-state index contributed by atoms with van der Waals surface area (Å²) in [6, 6.07) is 10.5. The van der Waals surface area contributed by atoms with Gasteiger partial charge in [0, 0.05) is 49.5 Å². The van der Waals surface area contributed by atoms with Gasteiger partial charge in [0.2, 0.25) is 5.91 Å². The molecular formula is C27H34FN7O3. The van der Waals surface area contributed by atoms with Crippen LogP contribution in [0.5, 0.6) is 0 Å². The van der Waals surface area contributed by atoms with Crippen molar-refractivity contribution in [3.63, 3.8) is 0 Å². The van der Waals surface area contributed by atoms with Crippen LogP contribution in [-0.2, 0) is 15.1 Å². The third-order valence-electron chi connectivity index (χ3n) is 6.94. The fourth-order valence-electron chi connectivity index (χ4n) is 4.89. The Hall–Kier alpha value is -3.83. The summed E-state index contributed by atoms with van der Waals surface area (Å²) in [7, 11) is 2.09. The van der Waals surface area contributed by atoms with Crippen molar-refractivity contribution in [2.45, 2.75) is 31.0 Å². The molecule has 10 nitrogen and oxygen atoms in total. The lowest BCUT2D eigenvalue weighted by Crippen LogP contribution is -2.63. The number of nitrogens with one attached hydrogen (secondary N) is 3. The second-order valence-electron chi connectivity index (χ2n) is 10.5. The number of halogens is 1. The van der Waals surface area contributed by atoms with Gasteiger partial charge in [-0.25, -0.2) is 4.39 Å². The summed E-state index contributed by atoms with van der Waals surface area (Å²) in [6.07, 6.45) is 1.33. The molecule has 5 N–H and O–H groups in total. The zero-order valence-corrected chi connectivity index (χ0v) is 21.8. The summed E-state index contributed by atoms with van der Waals surface area (Å²) >= 11 is 0. The largest absolute Gasteiger partial charge is 0.367 e. The van der Waals surface area contributed by atoms with Crippen molar-refractivity contribution in [1.82, 2.24) is 20.4 Å². The van der Waals surface area contributed by atoms with E-state index >= 15 is 0 Å². The van der Waals surface area contributed by atoms with Crippen molar-refractivity contribution in [2.24, 2.45) is 10.7 Å². The Bertz CT molecular complexity index is 1210. The van der Waals surface area contributed by atoms with Crippen LogP contribution in [0.25, 0.3) is 0 Å². The van der Waals surface area contributed by atoms with Crippen molar-refractivity contribution in [2.75, 3.05) is 45.1 Å². The van der Waals surface area contributed by atoms with E-state index in [0.717, 1.165) is 26.2 Å². The molecular weight excluding hydrogens is 489 g/mol. The number of hydrogen-bond donors (Lipinski definition) is 4. The molecule has 0 aliphatic carbocycles. The van der Waals surface area contributed by atoms with Gasteiger partial charge in [-0.3, -0.25) is 24.3 Å². The SMILES string of the molecule is CN1CCN(CC(C)(C)NC(=O)C2N=CNC2(C(N)=O)c2ccc(NC(=O)c3ccc(F)cc3)cc2)CC1. The fraction of sp³-hybridized carbons (Fsp3) is 0.407. The Labute approximate surface area is 221 Å². The number of carbonyl (C=O) groups is 3. The summed E-state index contributed by atoms with van der Waals surface area (Å²) in [5.74, 6) is -2.02. The second kappa shape index (κ2) is 10.9. The molecule has 11 heteroatoms. The van der Waals surface area contributed by atoms with E-state index < -0.39 is 40.7 Å². The molecule has 4 rings (SSSR count). The van der Waals surface area contributed by atoms with Crippen LogP contribution in [0.4, 0.5) is 10.1 Å². The van der Waals surface area contributed by atoms with Crippen molar-refractivity contribution < 1.29 is 18.8 Å². The van der Waals surface area contributed by atoms with E-state index in [1.807, 2.05) is 13.8 Å². The van der Waals surface area contributed by atoms with Crippen LogP contribution < -0.4 is 21.7 Å². The minimum absolute atomic E-state index is 0.297. The molecule has 0 spiro atoms. The topological polar surface area (TPSA) is 132 Å². The maximum Gasteiger partial charge on any atom is 0.255 e. The number of carbonyl (C=O) groups excluding carboxylic acids is 3. The quantitative estimate of drug-likeness (QED) is 0.407. The number of benzene rings is 2. The maximum atomic E-state index is 13.5. The molecule has 2 atom stereocenters. The lowest BCUT2D eigenvalue weighted by Gasteiger charge is -2.39. The number of amides is 3. The zero-order chi connectivity index (χ0) is 27.5. The van der Waals surface area contributed by atoms with Gasteiger partial charge >= 0.3 is 0 Å². The number of piperazine rings is 1. The highest BCUT2D eigenvalue weighted by atomic mass is 19.1. The molecule has 2 unspecified atom stereocenters. The summed E-state index contributed by atoms with van der Waals surface area (Å²) in [5.41, 5.74) is 4.88. The Morgan fingerprint density at radius 3 is 2.32 bits per heavy atom. The summed E-state index contributed by atoms with van der Waals surface area (Å²) in [6.45, 7) is 8.29. The van der Waals surface area contributed by atoms with Gasteiger partial charge in [0.05, 0.1) is 6.34 Å². The smallest absolute Gasteiger partial charge is 0.255 e. The number of primary amides is 1. The lowest BCUT2D eigenvalue weighted by atomic mass is 9.82. The maximum absolute atomic E-state index is 13.5. The summed E-state index contributed by atoms with van der Waals surface area (Å²) in [5, 5.41) is 8.70. The molecule has 3 amide bonds. The van der Waals surface area contributed by atoms with Crippen molar-refractivity contribution in [3.05, 3.63) is 65.5 Å². The normalized spacial score (nSPS) is 22.1. The first-order valence-electron chi connectivity index (χ1n) is 12.5. The van der Waals surface area contributed by atoms with E-state index in [1.54, 1.807) is 24.3 Å². The van der Waals surface area contributed by atoms with E-state index in [1.165, 1.54) is 30.6 Å². The summed E-state index contributed by atoms with van der Waals surface area (Å²) in [4.78, 5) is 47.6. The van der Waals surface area contributed by atoms with Crippen LogP contribution in [0.3, 0.4) is 0 Å². The highest BCUT2D eigenvalue weighted by Crippen LogP contribution is 2.31. The van der Waals surface area contributed by atoms with Gasteiger partial charge in [-0.2, -0.15) is 0 Å². The van der Waals surface area contributed by atoms with Gasteiger partial charge < -0.3 is 26.6 Å². The molecule has 1 fully saturated rings. The zero-order valence-electron chi connectivity index (χ0n) is 21.8. The van der Waals surface area contributed by atoms with Crippen molar-refractivity contribution in [1.29, 1.82) is 0 Å². The number of anilines is 1. The van der Waals surface area contributed by atoms with Gasteiger partial charge in [0.1, 0.15) is 5.82 Å². The minimum Gasteiger partial charge on any atom is -0.367 e. The van der Waals surface area contributed by atoms with E-state index in [4.69, 9.17) is 5.73 Å². The number of nitrogens with zero attached hydrogens (tertiary/aromatic N) is 3. The molecule has 0 aromatic heterocycles. The molecule has 2 aliphatic rings. The molecule has 0 bridgehead atoms. The van der Waals surface area contributed by atoms with Crippen LogP contribution in [-0.4, -0.2) is 85.2 Å². The van der Waals surface area contributed by atoms with Crippen LogP contribution in [0.2, 0.25) is 0 Å². The van der Waals surface area contributed by atoms with Crippen LogP contribution in [0.15, 0.2) is 53.5 Å². The number of rotatable bonds is 8. The molecule has 1 saturated heterocycles. The highest BCUT2D eigenvalue weighted by molar-refractivity contribution is 6.04.